The fraction of sp³-hybridized carbons (Fsp3) is 1.00. The van der Waals surface area contributed by atoms with E-state index in [1.165, 1.54) is 36.5 Å². The Morgan fingerprint density at radius 2 is 0.789 bits per heavy atom. The molecule has 0 amide bonds. The van der Waals surface area contributed by atoms with E-state index in [2.05, 4.69) is 0 Å². The van der Waals surface area contributed by atoms with Crippen LogP contribution in [0.5, 0.6) is 0 Å². The molecule has 2 bridgehead atoms. The van der Waals surface area contributed by atoms with Crippen molar-refractivity contribution in [2.24, 2.45) is 35.5 Å². The molecule has 0 heterocycles. The number of hydrogen-bond acceptors (Lipinski definition) is 0. The zero-order chi connectivity index (χ0) is 12.7. The van der Waals surface area contributed by atoms with E-state index in [9.17, 15) is 0 Å². The molecule has 0 spiro atoms. The van der Waals surface area contributed by atoms with Crippen molar-refractivity contribution in [3.8, 4) is 0 Å². The Morgan fingerprint density at radius 3 is 1.16 bits per heavy atom. The summed E-state index contributed by atoms with van der Waals surface area (Å²) >= 11 is 0. The van der Waals surface area contributed by atoms with E-state index in [-0.39, 0.29) is 0 Å². The quantitative estimate of drug-likeness (QED) is 0.588. The Kier molecular flexibility index (Phi) is 3.62. The molecule has 2 unspecified atom stereocenters. The van der Waals surface area contributed by atoms with Gasteiger partial charge in [0.05, 0.1) is 0 Å². The van der Waals surface area contributed by atoms with E-state index >= 15 is 0 Å². The molecular formula is C19H32. The summed E-state index contributed by atoms with van der Waals surface area (Å²) in [5.74, 6) is 6.97. The summed E-state index contributed by atoms with van der Waals surface area (Å²) in [7, 11) is 0. The molecule has 108 valence electrons. The third kappa shape index (κ3) is 2.38. The number of rotatable bonds is 2. The van der Waals surface area contributed by atoms with Crippen LogP contribution in [0.15, 0.2) is 0 Å². The van der Waals surface area contributed by atoms with Crippen molar-refractivity contribution in [2.45, 2.75) is 83.5 Å². The van der Waals surface area contributed by atoms with E-state index in [0.717, 1.165) is 11.8 Å². The van der Waals surface area contributed by atoms with Crippen LogP contribution < -0.4 is 0 Å². The zero-order valence-electron chi connectivity index (χ0n) is 12.7. The number of fused-ring (bicyclic) bond motifs is 2. The van der Waals surface area contributed by atoms with Gasteiger partial charge in [-0.2, -0.15) is 0 Å². The van der Waals surface area contributed by atoms with Gasteiger partial charge in [-0.05, 0) is 54.8 Å². The molecular weight excluding hydrogens is 228 g/mol. The largest absolute Gasteiger partial charge is 0.0533 e. The second kappa shape index (κ2) is 5.41. The fourth-order valence-electron chi connectivity index (χ4n) is 6.64. The maximum atomic E-state index is 1.65. The molecule has 0 aromatic heterocycles. The van der Waals surface area contributed by atoms with Crippen LogP contribution in [0.3, 0.4) is 0 Å². The van der Waals surface area contributed by atoms with Crippen molar-refractivity contribution in [2.75, 3.05) is 0 Å². The van der Waals surface area contributed by atoms with Crippen molar-refractivity contribution >= 4 is 0 Å². The molecule has 0 saturated heterocycles. The highest BCUT2D eigenvalue weighted by molar-refractivity contribution is 4.99. The second-order valence-electron chi connectivity index (χ2n) is 8.35. The van der Waals surface area contributed by atoms with Gasteiger partial charge in [0.15, 0.2) is 0 Å². The summed E-state index contributed by atoms with van der Waals surface area (Å²) < 4.78 is 0. The van der Waals surface area contributed by atoms with Crippen molar-refractivity contribution in [3.63, 3.8) is 0 Å². The lowest BCUT2D eigenvalue weighted by Crippen LogP contribution is -2.30. The lowest BCUT2D eigenvalue weighted by atomic mass is 9.66. The van der Waals surface area contributed by atoms with Crippen molar-refractivity contribution in [1.29, 1.82) is 0 Å². The molecule has 4 aliphatic rings. The normalized spacial score (nSPS) is 44.8. The van der Waals surface area contributed by atoms with Crippen molar-refractivity contribution in [1.82, 2.24) is 0 Å². The smallest absolute Gasteiger partial charge is 0.0354 e. The van der Waals surface area contributed by atoms with Gasteiger partial charge in [-0.15, -0.1) is 0 Å². The minimum absolute atomic E-state index is 1.15. The predicted molar refractivity (Wildman–Crippen MR) is 81.0 cm³/mol. The highest BCUT2D eigenvalue weighted by Crippen LogP contribution is 2.59. The molecule has 0 aliphatic heterocycles. The molecule has 0 aromatic carbocycles. The standard InChI is InChI=1S/C19H32/c1-3-7-14(8-4-1)18-12-17-11-16(18)13-19(17)15-9-5-2-6-10-15/h14-19H,1-13H2/t16-,17-,18?,19?/m0/s1. The molecule has 0 radical (unpaired) electrons. The summed E-state index contributed by atoms with van der Waals surface area (Å²) in [4.78, 5) is 0. The molecule has 0 heteroatoms. The van der Waals surface area contributed by atoms with Gasteiger partial charge in [0.2, 0.25) is 0 Å². The Balaban J connectivity index is 1.37. The van der Waals surface area contributed by atoms with Gasteiger partial charge in [-0.25, -0.2) is 0 Å². The van der Waals surface area contributed by atoms with Gasteiger partial charge < -0.3 is 0 Å². The van der Waals surface area contributed by atoms with Crippen LogP contribution in [0, 0.1) is 35.5 Å². The van der Waals surface area contributed by atoms with Crippen LogP contribution in [-0.4, -0.2) is 0 Å². The van der Waals surface area contributed by atoms with Gasteiger partial charge in [0.25, 0.3) is 0 Å². The van der Waals surface area contributed by atoms with E-state index in [1.807, 2.05) is 0 Å². The molecule has 4 saturated carbocycles. The lowest BCUT2D eigenvalue weighted by molar-refractivity contribution is 0.112. The van der Waals surface area contributed by atoms with Gasteiger partial charge in [-0.1, -0.05) is 64.2 Å². The molecule has 4 rings (SSSR count). The Bertz CT molecular complexity index is 265. The molecule has 4 aliphatic carbocycles. The summed E-state index contributed by atoms with van der Waals surface area (Å²) in [6.07, 6.45) is 20.5. The fourth-order valence-corrected chi connectivity index (χ4v) is 6.64. The summed E-state index contributed by atoms with van der Waals surface area (Å²) in [6, 6.07) is 0. The van der Waals surface area contributed by atoms with Gasteiger partial charge in [-0.3, -0.25) is 0 Å². The Morgan fingerprint density at radius 1 is 0.368 bits per heavy atom. The second-order valence-corrected chi connectivity index (χ2v) is 8.35. The van der Waals surface area contributed by atoms with Crippen LogP contribution in [-0.2, 0) is 0 Å². The van der Waals surface area contributed by atoms with E-state index in [4.69, 9.17) is 0 Å². The minimum atomic E-state index is 1.15. The first-order chi connectivity index (χ1) is 9.42. The molecule has 19 heavy (non-hydrogen) atoms. The topological polar surface area (TPSA) is 0 Å². The van der Waals surface area contributed by atoms with Crippen LogP contribution in [0.25, 0.3) is 0 Å². The monoisotopic (exact) mass is 260 g/mol. The Hall–Kier alpha value is 0. The van der Waals surface area contributed by atoms with E-state index < -0.39 is 0 Å². The first-order valence-corrected chi connectivity index (χ1v) is 9.42. The molecule has 0 aromatic rings. The molecule has 4 atom stereocenters. The van der Waals surface area contributed by atoms with Crippen LogP contribution in [0.2, 0.25) is 0 Å². The first-order valence-electron chi connectivity index (χ1n) is 9.42. The SMILES string of the molecule is C1CCC(C2C[C@@H]3C[C@H]2CC3C2CCCCC2)CC1. The maximum absolute atomic E-state index is 1.65. The third-order valence-corrected chi connectivity index (χ3v) is 7.48. The first kappa shape index (κ1) is 12.7. The molecule has 0 N–H and O–H groups in total. The average Bonchev–Trinajstić information content (AvgIpc) is 3.09. The predicted octanol–water partition coefficient (Wildman–Crippen LogP) is 5.81. The summed E-state index contributed by atoms with van der Waals surface area (Å²) in [6.45, 7) is 0. The number of hydrogen-bond donors (Lipinski definition) is 0. The summed E-state index contributed by atoms with van der Waals surface area (Å²) in [5, 5.41) is 0. The van der Waals surface area contributed by atoms with E-state index in [0.29, 0.717) is 0 Å². The molecule has 0 nitrogen and oxygen atoms in total. The van der Waals surface area contributed by atoms with Gasteiger partial charge in [0.1, 0.15) is 0 Å². The highest BCUT2D eigenvalue weighted by atomic mass is 14.5. The zero-order valence-corrected chi connectivity index (χ0v) is 12.7. The van der Waals surface area contributed by atoms with Crippen molar-refractivity contribution < 1.29 is 0 Å². The van der Waals surface area contributed by atoms with Crippen molar-refractivity contribution in [3.05, 3.63) is 0 Å². The third-order valence-electron chi connectivity index (χ3n) is 7.48. The Labute approximate surface area is 119 Å². The molecule has 4 fully saturated rings. The van der Waals surface area contributed by atoms with Gasteiger partial charge >= 0.3 is 0 Å². The minimum Gasteiger partial charge on any atom is -0.0533 e. The van der Waals surface area contributed by atoms with Gasteiger partial charge in [0, 0.05) is 0 Å². The maximum Gasteiger partial charge on any atom is -0.0354 e. The van der Waals surface area contributed by atoms with Crippen LogP contribution >= 0.6 is 0 Å². The lowest BCUT2D eigenvalue weighted by Gasteiger charge is -2.39. The summed E-state index contributed by atoms with van der Waals surface area (Å²) in [5.41, 5.74) is 0. The van der Waals surface area contributed by atoms with Crippen LogP contribution in [0.4, 0.5) is 0 Å². The van der Waals surface area contributed by atoms with Crippen LogP contribution in [0.1, 0.15) is 83.5 Å². The average molecular weight is 260 g/mol. The highest BCUT2D eigenvalue weighted by Gasteiger charge is 2.49. The van der Waals surface area contributed by atoms with E-state index in [1.54, 1.807) is 70.6 Å².